The van der Waals surface area contributed by atoms with Gasteiger partial charge >= 0.3 is 24.7 Å². The fourth-order valence-corrected chi connectivity index (χ4v) is 13.7. The fourth-order valence-electron chi connectivity index (χ4n) is 13.7. The zero-order valence-electron chi connectivity index (χ0n) is 48.2. The summed E-state index contributed by atoms with van der Waals surface area (Å²) in [6.07, 6.45) is -19.0. The summed E-state index contributed by atoms with van der Waals surface area (Å²) < 4.78 is 174. The van der Waals surface area contributed by atoms with Crippen molar-refractivity contribution in [3.8, 4) is 61.6 Å². The van der Waals surface area contributed by atoms with Crippen molar-refractivity contribution in [3.63, 3.8) is 0 Å². The second-order valence-corrected chi connectivity index (χ2v) is 23.2. The molecule has 0 spiro atoms. The number of benzene rings is 13. The molecule has 0 aliphatic rings. The van der Waals surface area contributed by atoms with E-state index in [0.29, 0.717) is 11.4 Å². The van der Waals surface area contributed by atoms with E-state index in [4.69, 9.17) is 0 Å². The molecule has 0 amide bonds. The molecule has 3 heterocycles. The molecule has 0 aliphatic heterocycles. The monoisotopic (exact) mass is 1250 g/mol. The number of hydrogen-bond acceptors (Lipinski definition) is 0. The molecule has 0 bridgehead atoms. The van der Waals surface area contributed by atoms with Gasteiger partial charge in [-0.1, -0.05) is 127 Å². The second-order valence-electron chi connectivity index (χ2n) is 23.2. The molecule has 3 nitrogen and oxygen atoms in total. The number of alkyl halides is 12. The highest BCUT2D eigenvalue weighted by Crippen LogP contribution is 2.47. The van der Waals surface area contributed by atoms with Crippen LogP contribution in [0.1, 0.15) is 22.3 Å². The van der Waals surface area contributed by atoms with Crippen molar-refractivity contribution in [1.82, 2.24) is 13.7 Å². The highest BCUT2D eigenvalue weighted by Gasteiger charge is 2.36. The van der Waals surface area contributed by atoms with E-state index in [0.717, 1.165) is 142 Å². The van der Waals surface area contributed by atoms with Crippen molar-refractivity contribution in [2.45, 2.75) is 24.7 Å². The average Bonchev–Trinajstić information content (AvgIpc) is 1.61. The molecule has 93 heavy (non-hydrogen) atoms. The van der Waals surface area contributed by atoms with Gasteiger partial charge in [-0.15, -0.1) is 0 Å². The Balaban J connectivity index is 0.830. The molecule has 0 fully saturated rings. The Bertz CT molecular complexity index is 5260. The molecule has 15 heteroatoms. The summed E-state index contributed by atoms with van der Waals surface area (Å²) in [4.78, 5) is 0. The van der Waals surface area contributed by atoms with Crippen LogP contribution in [-0.2, 0) is 24.7 Å². The van der Waals surface area contributed by atoms with Gasteiger partial charge in [-0.3, -0.25) is 0 Å². The third-order valence-corrected chi connectivity index (χ3v) is 17.9. The standard InChI is InChI=1S/C78H43F12N3/c79-75(80,81)50-22-34-69-63(40-50)64-41-51(76(82,83)84)23-35-70(64)92(69)54-26-14-44(15-27-54)48-20-32-67-61(38-48)62-39-49(45-16-28-55(29-17-45)93-71-36-24-52(77(85,86)87)42-65(71)66-43-53(78(88,89)90)25-37-72(66)93)21-33-68(62)91(67)56-30-18-47(19-31-56)74-59-12-6-4-10-57(59)73(46-8-2-1-3-9-46)58-11-5-7-13-60(58)74/h1-43H. The summed E-state index contributed by atoms with van der Waals surface area (Å²) in [5.41, 5.74) is 8.33. The first-order valence-electron chi connectivity index (χ1n) is 29.5. The molecule has 0 N–H and O–H groups in total. The zero-order valence-corrected chi connectivity index (χ0v) is 48.2. The summed E-state index contributed by atoms with van der Waals surface area (Å²) in [5, 5.41) is 6.24. The van der Waals surface area contributed by atoms with E-state index >= 15 is 0 Å². The highest BCUT2D eigenvalue weighted by atomic mass is 19.4. The minimum atomic E-state index is -4.74. The van der Waals surface area contributed by atoms with Crippen molar-refractivity contribution in [2.75, 3.05) is 0 Å². The summed E-state index contributed by atoms with van der Waals surface area (Å²) >= 11 is 0. The van der Waals surface area contributed by atoms with E-state index in [1.54, 1.807) is 33.4 Å². The lowest BCUT2D eigenvalue weighted by Gasteiger charge is -2.18. The van der Waals surface area contributed by atoms with Crippen LogP contribution >= 0.6 is 0 Å². The van der Waals surface area contributed by atoms with Crippen molar-refractivity contribution in [1.29, 1.82) is 0 Å². The average molecular weight is 1250 g/mol. The maximum atomic E-state index is 14.1. The van der Waals surface area contributed by atoms with Crippen LogP contribution in [0, 0.1) is 0 Å². The Morgan fingerprint density at radius 2 is 0.409 bits per heavy atom. The van der Waals surface area contributed by atoms with Crippen LogP contribution in [0.15, 0.2) is 261 Å². The van der Waals surface area contributed by atoms with Crippen molar-refractivity contribution < 1.29 is 52.7 Å². The molecule has 454 valence electrons. The Morgan fingerprint density at radius 3 is 0.688 bits per heavy atom. The minimum Gasteiger partial charge on any atom is -0.309 e. The van der Waals surface area contributed by atoms with Crippen LogP contribution in [0.4, 0.5) is 52.7 Å². The predicted molar refractivity (Wildman–Crippen MR) is 346 cm³/mol. The van der Waals surface area contributed by atoms with Crippen LogP contribution in [0.5, 0.6) is 0 Å². The topological polar surface area (TPSA) is 14.8 Å². The zero-order chi connectivity index (χ0) is 64.0. The largest absolute Gasteiger partial charge is 0.416 e. The molecule has 0 aliphatic carbocycles. The maximum absolute atomic E-state index is 14.1. The maximum Gasteiger partial charge on any atom is 0.416 e. The molecule has 0 unspecified atom stereocenters. The van der Waals surface area contributed by atoms with Gasteiger partial charge in [-0.05, 0) is 200 Å². The first-order chi connectivity index (χ1) is 44.6. The summed E-state index contributed by atoms with van der Waals surface area (Å²) in [7, 11) is 0. The van der Waals surface area contributed by atoms with Gasteiger partial charge in [0, 0.05) is 49.4 Å². The second kappa shape index (κ2) is 20.7. The molecule has 0 radical (unpaired) electrons. The molecule has 13 aromatic carbocycles. The van der Waals surface area contributed by atoms with Gasteiger partial charge in [-0.25, -0.2) is 0 Å². The van der Waals surface area contributed by atoms with Crippen molar-refractivity contribution in [3.05, 3.63) is 283 Å². The first-order valence-corrected chi connectivity index (χ1v) is 29.5. The van der Waals surface area contributed by atoms with E-state index in [1.807, 2.05) is 66.7 Å². The Labute approximate surface area is 520 Å². The van der Waals surface area contributed by atoms with Crippen LogP contribution in [0.3, 0.4) is 0 Å². The number of aromatic nitrogens is 3. The summed E-state index contributed by atoms with van der Waals surface area (Å²) in [6.45, 7) is 0. The molecule has 3 aromatic heterocycles. The number of hydrogen-bond donors (Lipinski definition) is 0. The van der Waals surface area contributed by atoms with Crippen LogP contribution in [-0.4, -0.2) is 13.7 Å². The van der Waals surface area contributed by atoms with E-state index < -0.39 is 47.0 Å². The van der Waals surface area contributed by atoms with Gasteiger partial charge in [0.25, 0.3) is 0 Å². The summed E-state index contributed by atoms with van der Waals surface area (Å²) in [5.74, 6) is 0. The molecule has 0 saturated heterocycles. The predicted octanol–water partition coefficient (Wildman–Crippen LogP) is 24.0. The molecule has 0 saturated carbocycles. The van der Waals surface area contributed by atoms with Gasteiger partial charge in [-0.2, -0.15) is 52.7 Å². The first kappa shape index (κ1) is 57.1. The molecule has 16 rings (SSSR count). The van der Waals surface area contributed by atoms with Gasteiger partial charge < -0.3 is 13.7 Å². The van der Waals surface area contributed by atoms with E-state index in [1.165, 1.54) is 24.3 Å². The smallest absolute Gasteiger partial charge is 0.309 e. The van der Waals surface area contributed by atoms with Crippen LogP contribution in [0.2, 0.25) is 0 Å². The lowest BCUT2D eigenvalue weighted by Crippen LogP contribution is -2.04. The lowest BCUT2D eigenvalue weighted by atomic mass is 9.86. The van der Waals surface area contributed by atoms with E-state index in [-0.39, 0.29) is 43.6 Å². The highest BCUT2D eigenvalue weighted by molar-refractivity contribution is 6.22. The van der Waals surface area contributed by atoms with Crippen LogP contribution < -0.4 is 0 Å². The third kappa shape index (κ3) is 9.46. The van der Waals surface area contributed by atoms with E-state index in [2.05, 4.69) is 102 Å². The molecular formula is C78H43F12N3. The van der Waals surface area contributed by atoms with Crippen molar-refractivity contribution >= 4 is 87.0 Å². The minimum absolute atomic E-state index is 0.0151. The summed E-state index contributed by atoms with van der Waals surface area (Å²) in [6, 6.07) is 74.8. The van der Waals surface area contributed by atoms with Crippen LogP contribution in [0.25, 0.3) is 149 Å². The van der Waals surface area contributed by atoms with Crippen molar-refractivity contribution in [2.24, 2.45) is 0 Å². The van der Waals surface area contributed by atoms with Gasteiger partial charge in [0.15, 0.2) is 0 Å². The Morgan fingerprint density at radius 1 is 0.183 bits per heavy atom. The lowest BCUT2D eigenvalue weighted by molar-refractivity contribution is -0.138. The van der Waals surface area contributed by atoms with Gasteiger partial charge in [0.05, 0.1) is 55.4 Å². The number of halogens is 12. The molecular weight excluding hydrogens is 1210 g/mol. The van der Waals surface area contributed by atoms with Gasteiger partial charge in [0.2, 0.25) is 0 Å². The fraction of sp³-hybridized carbons (Fsp3) is 0.0513. The third-order valence-electron chi connectivity index (χ3n) is 17.9. The Hall–Kier alpha value is -11.1. The molecule has 16 aromatic rings. The number of rotatable bonds is 7. The van der Waals surface area contributed by atoms with Gasteiger partial charge in [0.1, 0.15) is 0 Å². The quantitative estimate of drug-likeness (QED) is 0.112. The normalized spacial score (nSPS) is 12.7. The number of fused-ring (bicyclic) bond motifs is 11. The SMILES string of the molecule is FC(F)(F)c1ccc2c(c1)c1cc(C(F)(F)F)ccc1n2-c1ccc(-c2ccc3c(c2)c2cc(-c4ccc(-n5c6ccc(C(F)(F)F)cc6c6cc(C(F)(F)F)ccc65)cc4)ccc2n3-c2ccc(-c3c4ccccc4c(-c4ccccc4)c4ccccc34)cc2)cc1. The number of nitrogens with zero attached hydrogens (tertiary/aromatic N) is 3. The molecule has 0 atom stereocenters. The van der Waals surface area contributed by atoms with E-state index in [9.17, 15) is 52.7 Å². The Kier molecular flexibility index (Phi) is 12.7.